The molecule has 66 valence electrons. The van der Waals surface area contributed by atoms with Crippen LogP contribution in [0.25, 0.3) is 0 Å². The normalized spacial score (nSPS) is 26.5. The van der Waals surface area contributed by atoms with Crippen LogP contribution in [0.3, 0.4) is 0 Å². The van der Waals surface area contributed by atoms with Gasteiger partial charge < -0.3 is 5.32 Å². The summed E-state index contributed by atoms with van der Waals surface area (Å²) in [6.07, 6.45) is -3.40. The van der Waals surface area contributed by atoms with Gasteiger partial charge in [0.25, 0.3) is 0 Å². The van der Waals surface area contributed by atoms with Crippen molar-refractivity contribution in [2.45, 2.75) is 18.8 Å². The van der Waals surface area contributed by atoms with Gasteiger partial charge in [-0.15, -0.1) is 0 Å². The van der Waals surface area contributed by atoms with Crippen LogP contribution in [0.2, 0.25) is 0 Å². The second-order valence-electron chi connectivity index (χ2n) is 2.66. The lowest BCUT2D eigenvalue weighted by Gasteiger charge is -2.20. The van der Waals surface area contributed by atoms with E-state index in [0.717, 1.165) is 0 Å². The number of halogens is 4. The number of alkyl halides is 4. The van der Waals surface area contributed by atoms with Crippen LogP contribution in [0.1, 0.15) is 6.42 Å². The van der Waals surface area contributed by atoms with E-state index in [-0.39, 0.29) is 13.0 Å². The Morgan fingerprint density at radius 1 is 1.36 bits per heavy atom. The van der Waals surface area contributed by atoms with Gasteiger partial charge in [-0.05, 0) is 13.0 Å². The molecule has 11 heavy (non-hydrogen) atoms. The number of hydrogen-bond acceptors (Lipinski definition) is 1. The topological polar surface area (TPSA) is 12.0 Å². The molecule has 0 bridgehead atoms. The SMILES string of the molecule is FC(F)C(F)(F)C1CCNC1. The van der Waals surface area contributed by atoms with Gasteiger partial charge in [-0.25, -0.2) is 8.78 Å². The summed E-state index contributed by atoms with van der Waals surface area (Å²) >= 11 is 0. The molecule has 1 atom stereocenters. The number of hydrogen-bond donors (Lipinski definition) is 1. The maximum absolute atomic E-state index is 12.5. The molecule has 0 aromatic rings. The van der Waals surface area contributed by atoms with Crippen LogP contribution in [-0.4, -0.2) is 25.4 Å². The summed E-state index contributed by atoms with van der Waals surface area (Å²) in [7, 11) is 0. The first kappa shape index (κ1) is 8.77. The van der Waals surface area contributed by atoms with E-state index in [1.54, 1.807) is 0 Å². The van der Waals surface area contributed by atoms with Crippen molar-refractivity contribution in [1.82, 2.24) is 5.32 Å². The van der Waals surface area contributed by atoms with Crippen LogP contribution in [0, 0.1) is 5.92 Å². The van der Waals surface area contributed by atoms with Crippen molar-refractivity contribution in [3.63, 3.8) is 0 Å². The van der Waals surface area contributed by atoms with Gasteiger partial charge in [0.2, 0.25) is 0 Å². The lowest BCUT2D eigenvalue weighted by atomic mass is 10.0. The van der Waals surface area contributed by atoms with Gasteiger partial charge in [0, 0.05) is 12.5 Å². The summed E-state index contributed by atoms with van der Waals surface area (Å²) in [5, 5.41) is 2.62. The second kappa shape index (κ2) is 2.97. The molecule has 0 radical (unpaired) electrons. The van der Waals surface area contributed by atoms with Crippen LogP contribution < -0.4 is 5.32 Å². The van der Waals surface area contributed by atoms with Crippen LogP contribution in [0.4, 0.5) is 17.6 Å². The van der Waals surface area contributed by atoms with Crippen molar-refractivity contribution in [3.05, 3.63) is 0 Å². The van der Waals surface area contributed by atoms with Crippen molar-refractivity contribution in [2.24, 2.45) is 5.92 Å². The molecule has 1 fully saturated rings. The monoisotopic (exact) mass is 171 g/mol. The smallest absolute Gasteiger partial charge is 0.311 e. The largest absolute Gasteiger partial charge is 0.316 e. The average Bonchev–Trinajstić information content (AvgIpc) is 2.37. The van der Waals surface area contributed by atoms with E-state index in [1.165, 1.54) is 0 Å². The average molecular weight is 171 g/mol. The van der Waals surface area contributed by atoms with Gasteiger partial charge in [0.05, 0.1) is 0 Å². The summed E-state index contributed by atoms with van der Waals surface area (Å²) < 4.78 is 48.3. The van der Waals surface area contributed by atoms with Gasteiger partial charge in [-0.2, -0.15) is 8.78 Å². The zero-order chi connectivity index (χ0) is 8.48. The third-order valence-electron chi connectivity index (χ3n) is 1.90. The summed E-state index contributed by atoms with van der Waals surface area (Å²) in [6, 6.07) is 0. The molecule has 1 saturated heterocycles. The fourth-order valence-electron chi connectivity index (χ4n) is 1.16. The Labute approximate surface area is 61.8 Å². The van der Waals surface area contributed by atoms with Crippen LogP contribution >= 0.6 is 0 Å². The Morgan fingerprint density at radius 3 is 2.36 bits per heavy atom. The van der Waals surface area contributed by atoms with Gasteiger partial charge in [0.1, 0.15) is 0 Å². The predicted octanol–water partition coefficient (Wildman–Crippen LogP) is 1.50. The Balaban J connectivity index is 2.55. The Bertz CT molecular complexity index is 131. The van der Waals surface area contributed by atoms with Gasteiger partial charge in [-0.3, -0.25) is 0 Å². The zero-order valence-electron chi connectivity index (χ0n) is 5.79. The van der Waals surface area contributed by atoms with E-state index >= 15 is 0 Å². The zero-order valence-corrected chi connectivity index (χ0v) is 5.79. The second-order valence-corrected chi connectivity index (χ2v) is 2.66. The van der Waals surface area contributed by atoms with Gasteiger partial charge >= 0.3 is 12.3 Å². The Morgan fingerprint density at radius 2 is 2.00 bits per heavy atom. The van der Waals surface area contributed by atoms with E-state index < -0.39 is 18.3 Å². The molecule has 0 spiro atoms. The van der Waals surface area contributed by atoms with Crippen LogP contribution in [0.5, 0.6) is 0 Å². The molecular formula is C6H9F4N. The molecule has 0 aliphatic carbocycles. The van der Waals surface area contributed by atoms with Crippen molar-refractivity contribution in [3.8, 4) is 0 Å². The molecule has 1 unspecified atom stereocenters. The molecule has 0 aromatic heterocycles. The Kier molecular flexibility index (Phi) is 2.37. The molecule has 0 aromatic carbocycles. The highest BCUT2D eigenvalue weighted by molar-refractivity contribution is 4.85. The fraction of sp³-hybridized carbons (Fsp3) is 1.00. The van der Waals surface area contributed by atoms with E-state index in [1.807, 2.05) is 0 Å². The lowest BCUT2D eigenvalue weighted by Crippen LogP contribution is -2.37. The number of nitrogens with one attached hydrogen (secondary N) is 1. The minimum atomic E-state index is -3.82. The quantitative estimate of drug-likeness (QED) is 0.621. The summed E-state index contributed by atoms with van der Waals surface area (Å²) in [6.45, 7) is 0.407. The minimum absolute atomic E-state index is 0.00264. The molecule has 1 aliphatic rings. The molecule has 5 heteroatoms. The maximum Gasteiger partial charge on any atom is 0.311 e. The molecule has 0 saturated carbocycles. The molecule has 1 N–H and O–H groups in total. The third kappa shape index (κ3) is 1.64. The third-order valence-corrected chi connectivity index (χ3v) is 1.90. The number of rotatable bonds is 2. The molecule has 1 nitrogen and oxygen atoms in total. The Hall–Kier alpha value is -0.320. The molecule has 1 heterocycles. The minimum Gasteiger partial charge on any atom is -0.316 e. The maximum atomic E-state index is 12.5. The summed E-state index contributed by atoms with van der Waals surface area (Å²) in [5.74, 6) is -5.01. The molecular weight excluding hydrogens is 162 g/mol. The predicted molar refractivity (Wildman–Crippen MR) is 31.9 cm³/mol. The van der Waals surface area contributed by atoms with Crippen molar-refractivity contribution in [1.29, 1.82) is 0 Å². The fourth-order valence-corrected chi connectivity index (χ4v) is 1.16. The van der Waals surface area contributed by atoms with Gasteiger partial charge in [-0.1, -0.05) is 0 Å². The summed E-state index contributed by atoms with van der Waals surface area (Å²) in [4.78, 5) is 0. The lowest BCUT2D eigenvalue weighted by molar-refractivity contribution is -0.160. The first-order valence-electron chi connectivity index (χ1n) is 3.42. The summed E-state index contributed by atoms with van der Waals surface area (Å²) in [5.41, 5.74) is 0. The highest BCUT2D eigenvalue weighted by atomic mass is 19.3. The van der Waals surface area contributed by atoms with E-state index in [0.29, 0.717) is 6.54 Å². The first-order valence-corrected chi connectivity index (χ1v) is 3.42. The highest BCUT2D eigenvalue weighted by Crippen LogP contribution is 2.34. The highest BCUT2D eigenvalue weighted by Gasteiger charge is 2.49. The standard InChI is InChI=1S/C6H9F4N/c7-5(8)6(9,10)4-1-2-11-3-4/h4-5,11H,1-3H2. The van der Waals surface area contributed by atoms with Crippen LogP contribution in [-0.2, 0) is 0 Å². The van der Waals surface area contributed by atoms with E-state index in [2.05, 4.69) is 5.32 Å². The van der Waals surface area contributed by atoms with E-state index in [9.17, 15) is 17.6 Å². The molecule has 1 rings (SSSR count). The van der Waals surface area contributed by atoms with Crippen molar-refractivity contribution < 1.29 is 17.6 Å². The van der Waals surface area contributed by atoms with Gasteiger partial charge in [0.15, 0.2) is 0 Å². The van der Waals surface area contributed by atoms with Crippen molar-refractivity contribution in [2.75, 3.05) is 13.1 Å². The van der Waals surface area contributed by atoms with Crippen LogP contribution in [0.15, 0.2) is 0 Å². The van der Waals surface area contributed by atoms with Crippen molar-refractivity contribution >= 4 is 0 Å². The van der Waals surface area contributed by atoms with E-state index in [4.69, 9.17) is 0 Å². The molecule has 0 amide bonds. The molecule has 1 aliphatic heterocycles. The first-order chi connectivity index (χ1) is 5.05.